The van der Waals surface area contributed by atoms with Crippen molar-refractivity contribution in [3.05, 3.63) is 23.8 Å². The third kappa shape index (κ3) is 4.34. The van der Waals surface area contributed by atoms with Crippen molar-refractivity contribution < 1.29 is 19.0 Å². The van der Waals surface area contributed by atoms with Crippen LogP contribution >= 0.6 is 0 Å². The number of morpholine rings is 1. The second kappa shape index (κ2) is 7.85. The van der Waals surface area contributed by atoms with Gasteiger partial charge in [0, 0.05) is 25.2 Å². The molecular weight excluding hydrogens is 272 g/mol. The van der Waals surface area contributed by atoms with Crippen LogP contribution in [0.1, 0.15) is 5.56 Å². The Morgan fingerprint density at radius 1 is 1.38 bits per heavy atom. The zero-order chi connectivity index (χ0) is 15.1. The van der Waals surface area contributed by atoms with E-state index in [1.807, 2.05) is 25.2 Å². The minimum Gasteiger partial charge on any atom is -0.497 e. The van der Waals surface area contributed by atoms with Crippen molar-refractivity contribution in [3.8, 4) is 11.5 Å². The Labute approximate surface area is 125 Å². The standard InChI is InChI=1S/C15H22N2O4/c1-16-10-12-9-13(19-2)3-4-14(12)21-11-15(18)17-5-7-20-8-6-17/h3-4,9,16H,5-8,10-11H2,1-2H3. The molecule has 1 fully saturated rings. The first kappa shape index (κ1) is 15.6. The van der Waals surface area contributed by atoms with E-state index in [-0.39, 0.29) is 12.5 Å². The van der Waals surface area contributed by atoms with Crippen molar-refractivity contribution in [2.75, 3.05) is 47.1 Å². The molecule has 1 amide bonds. The first-order chi connectivity index (χ1) is 10.2. The van der Waals surface area contributed by atoms with Crippen LogP contribution in [-0.4, -0.2) is 57.9 Å². The number of ether oxygens (including phenoxy) is 3. The maximum atomic E-state index is 12.1. The minimum atomic E-state index is -0.00970. The Balaban J connectivity index is 1.96. The summed E-state index contributed by atoms with van der Waals surface area (Å²) in [6.45, 7) is 3.15. The molecule has 1 heterocycles. The van der Waals surface area contributed by atoms with Gasteiger partial charge >= 0.3 is 0 Å². The Hall–Kier alpha value is -1.79. The zero-order valence-electron chi connectivity index (χ0n) is 12.6. The van der Waals surface area contributed by atoms with E-state index in [2.05, 4.69) is 5.32 Å². The van der Waals surface area contributed by atoms with Gasteiger partial charge in [0.25, 0.3) is 5.91 Å². The van der Waals surface area contributed by atoms with Gasteiger partial charge in [0.1, 0.15) is 11.5 Å². The zero-order valence-corrected chi connectivity index (χ0v) is 12.6. The molecule has 1 aromatic rings. The van der Waals surface area contributed by atoms with Gasteiger partial charge in [0.15, 0.2) is 6.61 Å². The maximum Gasteiger partial charge on any atom is 0.260 e. The van der Waals surface area contributed by atoms with Gasteiger partial charge in [-0.25, -0.2) is 0 Å². The van der Waals surface area contributed by atoms with Gasteiger partial charge in [-0.1, -0.05) is 0 Å². The van der Waals surface area contributed by atoms with Crippen LogP contribution in [0.5, 0.6) is 11.5 Å². The molecule has 1 N–H and O–H groups in total. The molecule has 1 aromatic carbocycles. The summed E-state index contributed by atoms with van der Waals surface area (Å²) < 4.78 is 16.1. The number of amides is 1. The Bertz CT molecular complexity index is 473. The second-order valence-corrected chi connectivity index (χ2v) is 4.79. The quantitative estimate of drug-likeness (QED) is 0.835. The van der Waals surface area contributed by atoms with Crippen LogP contribution in [0.3, 0.4) is 0 Å². The van der Waals surface area contributed by atoms with Crippen LogP contribution in [-0.2, 0) is 16.1 Å². The van der Waals surface area contributed by atoms with Crippen LogP contribution in [0.4, 0.5) is 0 Å². The van der Waals surface area contributed by atoms with Crippen LogP contribution in [0.25, 0.3) is 0 Å². The van der Waals surface area contributed by atoms with Gasteiger partial charge < -0.3 is 24.4 Å². The summed E-state index contributed by atoms with van der Waals surface area (Å²) in [5, 5.41) is 3.08. The number of hydrogen-bond donors (Lipinski definition) is 1. The second-order valence-electron chi connectivity index (χ2n) is 4.79. The van der Waals surface area contributed by atoms with Crippen molar-refractivity contribution in [1.82, 2.24) is 10.2 Å². The molecule has 0 aromatic heterocycles. The first-order valence-electron chi connectivity index (χ1n) is 7.04. The highest BCUT2D eigenvalue weighted by Gasteiger charge is 2.17. The Morgan fingerprint density at radius 3 is 2.81 bits per heavy atom. The molecule has 6 nitrogen and oxygen atoms in total. The van der Waals surface area contributed by atoms with Crippen LogP contribution in [0.15, 0.2) is 18.2 Å². The monoisotopic (exact) mass is 294 g/mol. The lowest BCUT2D eigenvalue weighted by Gasteiger charge is -2.26. The average molecular weight is 294 g/mol. The molecule has 0 saturated carbocycles. The summed E-state index contributed by atoms with van der Waals surface area (Å²) in [5.74, 6) is 1.46. The summed E-state index contributed by atoms with van der Waals surface area (Å²) in [6, 6.07) is 5.57. The minimum absolute atomic E-state index is 0.00970. The van der Waals surface area contributed by atoms with Crippen molar-refractivity contribution >= 4 is 5.91 Å². The number of hydrogen-bond acceptors (Lipinski definition) is 5. The fourth-order valence-electron chi connectivity index (χ4n) is 2.20. The summed E-state index contributed by atoms with van der Waals surface area (Å²) in [5.41, 5.74) is 0.964. The van der Waals surface area contributed by atoms with E-state index in [1.165, 1.54) is 0 Å². The Kier molecular flexibility index (Phi) is 5.83. The van der Waals surface area contributed by atoms with Crippen molar-refractivity contribution in [1.29, 1.82) is 0 Å². The summed E-state index contributed by atoms with van der Waals surface area (Å²) >= 11 is 0. The van der Waals surface area contributed by atoms with Gasteiger partial charge in [0.2, 0.25) is 0 Å². The van der Waals surface area contributed by atoms with E-state index in [9.17, 15) is 4.79 Å². The highest BCUT2D eigenvalue weighted by atomic mass is 16.5. The predicted octanol–water partition coefficient (Wildman–Crippen LogP) is 0.652. The van der Waals surface area contributed by atoms with E-state index in [0.29, 0.717) is 38.6 Å². The molecule has 0 bridgehead atoms. The molecule has 2 rings (SSSR count). The molecule has 1 aliphatic rings. The third-order valence-corrected chi connectivity index (χ3v) is 3.35. The Morgan fingerprint density at radius 2 is 2.14 bits per heavy atom. The van der Waals surface area contributed by atoms with Gasteiger partial charge in [-0.05, 0) is 25.2 Å². The van der Waals surface area contributed by atoms with E-state index >= 15 is 0 Å². The summed E-state index contributed by atoms with van der Waals surface area (Å²) in [6.07, 6.45) is 0. The fourth-order valence-corrected chi connectivity index (χ4v) is 2.20. The number of rotatable bonds is 6. The average Bonchev–Trinajstić information content (AvgIpc) is 2.54. The third-order valence-electron chi connectivity index (χ3n) is 3.35. The topological polar surface area (TPSA) is 60.0 Å². The van der Waals surface area contributed by atoms with Crippen molar-refractivity contribution in [2.45, 2.75) is 6.54 Å². The summed E-state index contributed by atoms with van der Waals surface area (Å²) in [7, 11) is 3.49. The molecule has 0 spiro atoms. The summed E-state index contributed by atoms with van der Waals surface area (Å²) in [4.78, 5) is 13.8. The maximum absolute atomic E-state index is 12.1. The SMILES string of the molecule is CNCc1cc(OC)ccc1OCC(=O)N1CCOCC1. The van der Waals surface area contributed by atoms with Crippen molar-refractivity contribution in [2.24, 2.45) is 0 Å². The molecule has 116 valence electrons. The highest BCUT2D eigenvalue weighted by molar-refractivity contribution is 5.77. The van der Waals surface area contributed by atoms with E-state index < -0.39 is 0 Å². The molecular formula is C15H22N2O4. The first-order valence-corrected chi connectivity index (χ1v) is 7.04. The molecule has 0 radical (unpaired) electrons. The molecule has 6 heteroatoms. The van der Waals surface area contributed by atoms with Crippen LogP contribution in [0, 0.1) is 0 Å². The highest BCUT2D eigenvalue weighted by Crippen LogP contribution is 2.24. The van der Waals surface area contributed by atoms with Gasteiger partial charge in [-0.15, -0.1) is 0 Å². The van der Waals surface area contributed by atoms with E-state index in [4.69, 9.17) is 14.2 Å². The molecule has 0 atom stereocenters. The largest absolute Gasteiger partial charge is 0.497 e. The predicted molar refractivity (Wildman–Crippen MR) is 78.7 cm³/mol. The lowest BCUT2D eigenvalue weighted by molar-refractivity contribution is -0.137. The van der Waals surface area contributed by atoms with Crippen LogP contribution < -0.4 is 14.8 Å². The molecule has 21 heavy (non-hydrogen) atoms. The fraction of sp³-hybridized carbons (Fsp3) is 0.533. The number of benzene rings is 1. The van der Waals surface area contributed by atoms with Gasteiger partial charge in [-0.3, -0.25) is 4.79 Å². The lowest BCUT2D eigenvalue weighted by Crippen LogP contribution is -2.43. The van der Waals surface area contributed by atoms with Gasteiger partial charge in [-0.2, -0.15) is 0 Å². The smallest absolute Gasteiger partial charge is 0.260 e. The molecule has 0 unspecified atom stereocenters. The normalized spacial score (nSPS) is 14.9. The molecule has 1 saturated heterocycles. The number of carbonyl (C=O) groups excluding carboxylic acids is 1. The number of nitrogens with one attached hydrogen (secondary N) is 1. The number of methoxy groups -OCH3 is 1. The molecule has 0 aliphatic carbocycles. The van der Waals surface area contributed by atoms with Gasteiger partial charge in [0.05, 0.1) is 20.3 Å². The van der Waals surface area contributed by atoms with Crippen LogP contribution in [0.2, 0.25) is 0 Å². The van der Waals surface area contributed by atoms with Crippen molar-refractivity contribution in [3.63, 3.8) is 0 Å². The molecule has 1 aliphatic heterocycles. The number of nitrogens with zero attached hydrogens (tertiary/aromatic N) is 1. The van der Waals surface area contributed by atoms with E-state index in [0.717, 1.165) is 11.3 Å². The van der Waals surface area contributed by atoms with E-state index in [1.54, 1.807) is 12.0 Å². The lowest BCUT2D eigenvalue weighted by atomic mass is 10.2. The number of carbonyl (C=O) groups is 1.